The van der Waals surface area contributed by atoms with Crippen LogP contribution in [0.3, 0.4) is 0 Å². The number of carboxylic acid groups (broad SMARTS) is 1. The molecule has 2 aliphatic rings. The molecular weight excluding hydrogens is 324 g/mol. The number of amides is 1. The van der Waals surface area contributed by atoms with Gasteiger partial charge in [-0.2, -0.15) is 0 Å². The lowest BCUT2D eigenvalue weighted by molar-refractivity contribution is -0.149. The monoisotopic (exact) mass is 348 g/mol. The van der Waals surface area contributed by atoms with E-state index in [0.29, 0.717) is 12.1 Å². The van der Waals surface area contributed by atoms with E-state index in [9.17, 15) is 24.9 Å². The van der Waals surface area contributed by atoms with Gasteiger partial charge in [0.05, 0.1) is 12.1 Å². The molecule has 2 heterocycles. The topological polar surface area (TPSA) is 101 Å². The first-order valence-corrected chi connectivity index (χ1v) is 8.54. The largest absolute Gasteiger partial charge is 0.480 e. The normalized spacial score (nSPS) is 26.1. The highest BCUT2D eigenvalue weighted by Gasteiger charge is 2.46. The van der Waals surface area contributed by atoms with Crippen LogP contribution >= 0.6 is 0 Å². The van der Waals surface area contributed by atoms with Crippen molar-refractivity contribution in [3.05, 3.63) is 35.4 Å². The molecule has 0 saturated carbocycles. The van der Waals surface area contributed by atoms with E-state index in [1.165, 1.54) is 4.90 Å². The van der Waals surface area contributed by atoms with Gasteiger partial charge in [0.15, 0.2) is 0 Å². The van der Waals surface area contributed by atoms with Gasteiger partial charge in [-0.25, -0.2) is 0 Å². The van der Waals surface area contributed by atoms with Gasteiger partial charge >= 0.3 is 5.97 Å². The summed E-state index contributed by atoms with van der Waals surface area (Å²) in [5.74, 6) is -1.31. The molecule has 7 heteroatoms. The molecule has 0 aliphatic carbocycles. The number of β-amino-alcohol motifs (C(OH)–C–C–N with tert-alkyl or cyclic N) is 1. The minimum atomic E-state index is -1.16. The number of aliphatic hydroxyl groups excluding tert-OH is 2. The third-order valence-corrected chi connectivity index (χ3v) is 5.14. The maximum Gasteiger partial charge on any atom is 0.321 e. The highest BCUT2D eigenvalue weighted by molar-refractivity contribution is 5.98. The van der Waals surface area contributed by atoms with Crippen LogP contribution in [0, 0.1) is 5.92 Å². The number of hydrogen-bond donors (Lipinski definition) is 3. The van der Waals surface area contributed by atoms with Gasteiger partial charge in [0.1, 0.15) is 12.3 Å². The summed E-state index contributed by atoms with van der Waals surface area (Å²) >= 11 is 0. The van der Waals surface area contributed by atoms with E-state index in [2.05, 4.69) is 0 Å². The van der Waals surface area contributed by atoms with Crippen LogP contribution < -0.4 is 0 Å². The van der Waals surface area contributed by atoms with E-state index in [1.807, 2.05) is 26.0 Å². The second-order valence-electron chi connectivity index (χ2n) is 7.18. The fourth-order valence-electron chi connectivity index (χ4n) is 3.95. The van der Waals surface area contributed by atoms with Crippen molar-refractivity contribution in [2.75, 3.05) is 6.54 Å². The van der Waals surface area contributed by atoms with Crippen molar-refractivity contribution in [1.82, 2.24) is 9.80 Å². The maximum absolute atomic E-state index is 12.8. The Bertz CT molecular complexity index is 677. The van der Waals surface area contributed by atoms with Gasteiger partial charge in [-0.1, -0.05) is 32.0 Å². The Morgan fingerprint density at radius 1 is 1.28 bits per heavy atom. The van der Waals surface area contributed by atoms with Gasteiger partial charge in [0, 0.05) is 25.1 Å². The molecule has 0 aromatic heterocycles. The molecule has 1 unspecified atom stereocenters. The fraction of sp³-hybridized carbons (Fsp3) is 0.556. The number of carbonyl (C=O) groups is 2. The summed E-state index contributed by atoms with van der Waals surface area (Å²) < 4.78 is 0. The summed E-state index contributed by atoms with van der Waals surface area (Å²) in [4.78, 5) is 27.3. The van der Waals surface area contributed by atoms with Crippen LogP contribution in [0.15, 0.2) is 24.3 Å². The summed E-state index contributed by atoms with van der Waals surface area (Å²) in [7, 11) is 0. The predicted molar refractivity (Wildman–Crippen MR) is 89.7 cm³/mol. The van der Waals surface area contributed by atoms with Gasteiger partial charge in [0.2, 0.25) is 0 Å². The molecule has 0 radical (unpaired) electrons. The molecule has 1 aromatic rings. The number of nitrogens with zero attached hydrogens (tertiary/aromatic N) is 2. The zero-order valence-corrected chi connectivity index (χ0v) is 14.4. The molecule has 0 spiro atoms. The molecule has 0 bridgehead atoms. The summed E-state index contributed by atoms with van der Waals surface area (Å²) in [5.41, 5.74) is 1.53. The predicted octanol–water partition coefficient (Wildman–Crippen LogP) is 0.505. The molecule has 1 saturated heterocycles. The standard InChI is InChI=1S/C18H24N2O5/c1-10(2)15(17(23)19-9-12(21)7-14(19)18(24)25)20-8-11-5-3-4-6-13(11)16(20)22/h3-6,10,12,14-15,17,21,23H,7-9H2,1-2H3,(H,24,25)/t12-,14+,15+,17?/m1/s1. The van der Waals surface area contributed by atoms with Crippen LogP contribution in [0.5, 0.6) is 0 Å². The van der Waals surface area contributed by atoms with E-state index in [-0.39, 0.29) is 24.8 Å². The number of carbonyl (C=O) groups excluding carboxylic acids is 1. The zero-order valence-electron chi connectivity index (χ0n) is 14.4. The average Bonchev–Trinajstić information content (AvgIpc) is 3.09. The van der Waals surface area contributed by atoms with Crippen LogP contribution in [0.25, 0.3) is 0 Å². The second kappa shape index (κ2) is 6.74. The number of benzene rings is 1. The molecule has 7 nitrogen and oxygen atoms in total. The van der Waals surface area contributed by atoms with Gasteiger partial charge in [-0.15, -0.1) is 0 Å². The van der Waals surface area contributed by atoms with Crippen LogP contribution in [0.2, 0.25) is 0 Å². The third kappa shape index (κ3) is 3.15. The molecule has 3 rings (SSSR count). The van der Waals surface area contributed by atoms with E-state index < -0.39 is 30.4 Å². The van der Waals surface area contributed by atoms with Crippen molar-refractivity contribution in [2.24, 2.45) is 5.92 Å². The van der Waals surface area contributed by atoms with E-state index in [0.717, 1.165) is 5.56 Å². The van der Waals surface area contributed by atoms with Crippen molar-refractivity contribution in [3.63, 3.8) is 0 Å². The molecule has 1 fully saturated rings. The first kappa shape index (κ1) is 17.8. The highest BCUT2D eigenvalue weighted by Crippen LogP contribution is 2.31. The van der Waals surface area contributed by atoms with Crippen LogP contribution in [0.1, 0.15) is 36.2 Å². The van der Waals surface area contributed by atoms with Crippen LogP contribution in [0.4, 0.5) is 0 Å². The van der Waals surface area contributed by atoms with E-state index in [1.54, 1.807) is 17.0 Å². The first-order valence-electron chi connectivity index (χ1n) is 8.54. The minimum Gasteiger partial charge on any atom is -0.480 e. The molecule has 4 atom stereocenters. The lowest BCUT2D eigenvalue weighted by Crippen LogP contribution is -2.57. The maximum atomic E-state index is 12.8. The average molecular weight is 348 g/mol. The summed E-state index contributed by atoms with van der Waals surface area (Å²) in [5, 5.41) is 30.2. The summed E-state index contributed by atoms with van der Waals surface area (Å²) in [6.07, 6.45) is -1.88. The van der Waals surface area contributed by atoms with Crippen LogP contribution in [-0.2, 0) is 11.3 Å². The number of fused-ring (bicyclic) bond motifs is 1. The fourth-order valence-corrected chi connectivity index (χ4v) is 3.95. The van der Waals surface area contributed by atoms with Gasteiger partial charge < -0.3 is 20.2 Å². The van der Waals surface area contributed by atoms with Crippen molar-refractivity contribution < 1.29 is 24.9 Å². The Labute approximate surface area is 146 Å². The number of hydrogen-bond acceptors (Lipinski definition) is 5. The molecule has 1 aromatic carbocycles. The molecular formula is C18H24N2O5. The van der Waals surface area contributed by atoms with Gasteiger partial charge in [0.25, 0.3) is 5.91 Å². The number of carboxylic acids is 1. The number of likely N-dealkylation sites (tertiary alicyclic amines) is 1. The molecule has 2 aliphatic heterocycles. The Morgan fingerprint density at radius 2 is 1.96 bits per heavy atom. The Morgan fingerprint density at radius 3 is 2.56 bits per heavy atom. The SMILES string of the molecule is CC(C)[C@@H](C(O)N1C[C@H](O)C[C@H]1C(=O)O)N1Cc2ccccc2C1=O. The van der Waals surface area contributed by atoms with E-state index in [4.69, 9.17) is 0 Å². The lowest BCUT2D eigenvalue weighted by Gasteiger charge is -2.40. The smallest absolute Gasteiger partial charge is 0.321 e. The number of aliphatic carboxylic acids is 1. The molecule has 136 valence electrons. The van der Waals surface area contributed by atoms with Gasteiger partial charge in [-0.05, 0) is 17.5 Å². The van der Waals surface area contributed by atoms with Crippen molar-refractivity contribution in [2.45, 2.75) is 51.2 Å². The molecule has 3 N–H and O–H groups in total. The minimum absolute atomic E-state index is 0.0748. The Hall–Kier alpha value is -1.96. The molecule has 25 heavy (non-hydrogen) atoms. The van der Waals surface area contributed by atoms with Gasteiger partial charge in [-0.3, -0.25) is 14.5 Å². The zero-order chi connectivity index (χ0) is 18.3. The first-order chi connectivity index (χ1) is 11.8. The van der Waals surface area contributed by atoms with E-state index >= 15 is 0 Å². The quantitative estimate of drug-likeness (QED) is 0.717. The lowest BCUT2D eigenvalue weighted by atomic mass is 9.99. The summed E-state index contributed by atoms with van der Waals surface area (Å²) in [6.45, 7) is 4.26. The Kier molecular flexibility index (Phi) is 4.81. The Balaban J connectivity index is 1.87. The number of aliphatic hydroxyl groups is 2. The second-order valence-corrected chi connectivity index (χ2v) is 7.18. The van der Waals surface area contributed by atoms with Crippen molar-refractivity contribution in [3.8, 4) is 0 Å². The summed E-state index contributed by atoms with van der Waals surface area (Å²) in [6, 6.07) is 5.81. The third-order valence-electron chi connectivity index (χ3n) is 5.14. The number of rotatable bonds is 5. The molecule has 1 amide bonds. The van der Waals surface area contributed by atoms with Crippen molar-refractivity contribution in [1.29, 1.82) is 0 Å². The van der Waals surface area contributed by atoms with Crippen molar-refractivity contribution >= 4 is 11.9 Å². The van der Waals surface area contributed by atoms with Crippen LogP contribution in [-0.4, -0.2) is 68.0 Å². The highest BCUT2D eigenvalue weighted by atomic mass is 16.4.